The van der Waals surface area contributed by atoms with Gasteiger partial charge in [-0.15, -0.1) is 0 Å². The van der Waals surface area contributed by atoms with E-state index in [9.17, 15) is 27.6 Å². The number of esters is 1. The second-order valence-corrected chi connectivity index (χ2v) is 3.66. The molecule has 1 atom stereocenters. The van der Waals surface area contributed by atoms with Crippen LogP contribution in [-0.2, 0) is 19.1 Å². The maximum Gasteiger partial charge on any atom is 0.450 e. The molecule has 0 aromatic carbocycles. The molecule has 4 nitrogen and oxygen atoms in total. The van der Waals surface area contributed by atoms with Gasteiger partial charge in [0.05, 0.1) is 6.61 Å². The molecule has 0 aliphatic rings. The summed E-state index contributed by atoms with van der Waals surface area (Å²) < 4.78 is 41.2. The molecule has 0 saturated carbocycles. The molecule has 1 unspecified atom stereocenters. The Morgan fingerprint density at radius 1 is 1.17 bits per heavy atom. The summed E-state index contributed by atoms with van der Waals surface area (Å²) in [4.78, 5) is 33.6. The van der Waals surface area contributed by atoms with Crippen LogP contribution >= 0.6 is 0 Å². The summed E-state index contributed by atoms with van der Waals surface area (Å²) in [5.41, 5.74) is 0. The number of hydrogen-bond acceptors (Lipinski definition) is 4. The molecule has 0 fully saturated rings. The summed E-state index contributed by atoms with van der Waals surface area (Å²) in [5, 5.41) is 0. The van der Waals surface area contributed by atoms with Crippen molar-refractivity contribution < 1.29 is 32.3 Å². The fourth-order valence-electron chi connectivity index (χ4n) is 1.33. The van der Waals surface area contributed by atoms with Gasteiger partial charge in [-0.1, -0.05) is 6.92 Å². The average Bonchev–Trinajstić information content (AvgIpc) is 2.24. The van der Waals surface area contributed by atoms with Crippen LogP contribution in [0.4, 0.5) is 13.2 Å². The molecule has 0 N–H and O–H groups in total. The van der Waals surface area contributed by atoms with Gasteiger partial charge < -0.3 is 4.74 Å². The van der Waals surface area contributed by atoms with Gasteiger partial charge in [0, 0.05) is 12.8 Å². The highest BCUT2D eigenvalue weighted by molar-refractivity contribution is 6.04. The van der Waals surface area contributed by atoms with Crippen LogP contribution in [0.5, 0.6) is 0 Å². The summed E-state index contributed by atoms with van der Waals surface area (Å²) in [5.74, 6) is -6.17. The quantitative estimate of drug-likeness (QED) is 0.523. The van der Waals surface area contributed by atoms with Crippen LogP contribution < -0.4 is 0 Å². The van der Waals surface area contributed by atoms with E-state index in [2.05, 4.69) is 4.74 Å². The van der Waals surface area contributed by atoms with E-state index >= 15 is 0 Å². The normalized spacial score (nSPS) is 12.9. The topological polar surface area (TPSA) is 60.4 Å². The lowest BCUT2D eigenvalue weighted by atomic mass is 9.95. The molecule has 18 heavy (non-hydrogen) atoms. The minimum absolute atomic E-state index is 0.0288. The number of carbonyl (C=O) groups excluding carboxylic acids is 3. The van der Waals surface area contributed by atoms with Crippen LogP contribution in [0.1, 0.15) is 33.1 Å². The second kappa shape index (κ2) is 7.13. The molecule has 0 amide bonds. The molecule has 0 aliphatic carbocycles. The zero-order valence-electron chi connectivity index (χ0n) is 10.2. The zero-order chi connectivity index (χ0) is 14.3. The number of halogens is 3. The smallest absolute Gasteiger partial charge is 0.450 e. The van der Waals surface area contributed by atoms with Crippen molar-refractivity contribution >= 4 is 17.5 Å². The van der Waals surface area contributed by atoms with Gasteiger partial charge in [0.25, 0.3) is 5.78 Å². The van der Waals surface area contributed by atoms with E-state index in [0.29, 0.717) is 6.42 Å². The molecule has 0 heterocycles. The number of rotatable bonds is 7. The van der Waals surface area contributed by atoms with Crippen LogP contribution in [0.3, 0.4) is 0 Å². The minimum Gasteiger partial charge on any atom is -0.465 e. The third-order valence-electron chi connectivity index (χ3n) is 2.13. The summed E-state index contributed by atoms with van der Waals surface area (Å²) in [7, 11) is 0. The molecule has 0 saturated heterocycles. The van der Waals surface area contributed by atoms with Crippen LogP contribution in [0, 0.1) is 5.92 Å². The first kappa shape index (κ1) is 16.6. The maximum absolute atomic E-state index is 12.3. The Kier molecular flexibility index (Phi) is 6.57. The molecule has 0 radical (unpaired) electrons. The van der Waals surface area contributed by atoms with Gasteiger partial charge in [0.1, 0.15) is 11.7 Å². The van der Waals surface area contributed by atoms with E-state index in [1.165, 1.54) is 6.92 Å². The van der Waals surface area contributed by atoms with Crippen LogP contribution in [0.15, 0.2) is 0 Å². The number of ether oxygens (including phenoxy) is 1. The first-order valence-corrected chi connectivity index (χ1v) is 5.53. The monoisotopic (exact) mass is 268 g/mol. The van der Waals surface area contributed by atoms with Gasteiger partial charge in [-0.3, -0.25) is 14.4 Å². The van der Waals surface area contributed by atoms with E-state index in [0.717, 1.165) is 0 Å². The third-order valence-corrected chi connectivity index (χ3v) is 2.13. The summed E-state index contributed by atoms with van der Waals surface area (Å²) >= 11 is 0. The first-order chi connectivity index (χ1) is 8.23. The fourth-order valence-corrected chi connectivity index (χ4v) is 1.33. The Morgan fingerprint density at radius 2 is 1.72 bits per heavy atom. The van der Waals surface area contributed by atoms with E-state index in [4.69, 9.17) is 0 Å². The standard InChI is InChI=1S/C11H15F3O4/c1-3-5-7(15)6-8(10(17)18-4-2)9(16)11(12,13)14/h8H,3-6H2,1-2H3. The molecule has 7 heteroatoms. The molecular formula is C11H15F3O4. The molecule has 0 aliphatic heterocycles. The fraction of sp³-hybridized carbons (Fsp3) is 0.727. The molecule has 0 spiro atoms. The maximum atomic E-state index is 12.3. The van der Waals surface area contributed by atoms with Gasteiger partial charge in [0.2, 0.25) is 0 Å². The highest BCUT2D eigenvalue weighted by Crippen LogP contribution is 2.24. The van der Waals surface area contributed by atoms with Crippen LogP contribution in [0.25, 0.3) is 0 Å². The molecule has 0 aromatic rings. The van der Waals surface area contributed by atoms with Gasteiger partial charge in [-0.2, -0.15) is 13.2 Å². The van der Waals surface area contributed by atoms with Crippen molar-refractivity contribution in [3.63, 3.8) is 0 Å². The lowest BCUT2D eigenvalue weighted by molar-refractivity contribution is -0.181. The number of Topliss-reactive ketones (excluding diaryl/α,β-unsaturated/α-hetero) is 2. The summed E-state index contributed by atoms with van der Waals surface area (Å²) in [6, 6.07) is 0. The Balaban J connectivity index is 4.89. The lowest BCUT2D eigenvalue weighted by Gasteiger charge is -2.15. The number of ketones is 2. The molecule has 0 bridgehead atoms. The van der Waals surface area contributed by atoms with Gasteiger partial charge in [-0.25, -0.2) is 0 Å². The molecule has 0 rings (SSSR count). The lowest BCUT2D eigenvalue weighted by Crippen LogP contribution is -2.37. The average molecular weight is 268 g/mol. The van der Waals surface area contributed by atoms with E-state index in [1.807, 2.05) is 0 Å². The summed E-state index contributed by atoms with van der Waals surface area (Å²) in [6.07, 6.45) is -5.44. The second-order valence-electron chi connectivity index (χ2n) is 3.66. The number of hydrogen-bond donors (Lipinski definition) is 0. The van der Waals surface area contributed by atoms with Crippen molar-refractivity contribution in [2.75, 3.05) is 6.61 Å². The molecule has 104 valence electrons. The SMILES string of the molecule is CCCC(=O)CC(C(=O)OCC)C(=O)C(F)(F)F. The largest absolute Gasteiger partial charge is 0.465 e. The van der Waals surface area contributed by atoms with Gasteiger partial charge in [-0.05, 0) is 13.3 Å². The van der Waals surface area contributed by atoms with Crippen molar-refractivity contribution in [1.29, 1.82) is 0 Å². The highest BCUT2D eigenvalue weighted by Gasteiger charge is 2.47. The van der Waals surface area contributed by atoms with Crippen molar-refractivity contribution in [2.24, 2.45) is 5.92 Å². The van der Waals surface area contributed by atoms with Gasteiger partial charge in [0.15, 0.2) is 0 Å². The van der Waals surface area contributed by atoms with Gasteiger partial charge >= 0.3 is 12.1 Å². The van der Waals surface area contributed by atoms with Crippen molar-refractivity contribution in [3.05, 3.63) is 0 Å². The zero-order valence-corrected chi connectivity index (χ0v) is 10.2. The Morgan fingerprint density at radius 3 is 2.11 bits per heavy atom. The minimum atomic E-state index is -5.15. The molecular weight excluding hydrogens is 253 g/mol. The van der Waals surface area contributed by atoms with Crippen molar-refractivity contribution in [3.8, 4) is 0 Å². The van der Waals surface area contributed by atoms with Crippen molar-refractivity contribution in [2.45, 2.75) is 39.3 Å². The van der Waals surface area contributed by atoms with Crippen molar-refractivity contribution in [1.82, 2.24) is 0 Å². The first-order valence-electron chi connectivity index (χ1n) is 5.53. The van der Waals surface area contributed by atoms with Crippen LogP contribution in [0.2, 0.25) is 0 Å². The Bertz CT molecular complexity index is 323. The summed E-state index contributed by atoms with van der Waals surface area (Å²) in [6.45, 7) is 2.92. The number of alkyl halides is 3. The third kappa shape index (κ3) is 5.29. The Labute approximate surface area is 102 Å². The van der Waals surface area contributed by atoms with Crippen LogP contribution in [-0.4, -0.2) is 30.3 Å². The predicted molar refractivity (Wildman–Crippen MR) is 55.7 cm³/mol. The molecule has 0 aromatic heterocycles. The van der Waals surface area contributed by atoms with E-state index in [1.54, 1.807) is 6.92 Å². The highest BCUT2D eigenvalue weighted by atomic mass is 19.4. The van der Waals surface area contributed by atoms with E-state index in [-0.39, 0.29) is 13.0 Å². The number of carbonyl (C=O) groups is 3. The predicted octanol–water partition coefficient (Wildman–Crippen LogP) is 2.06. The van der Waals surface area contributed by atoms with E-state index < -0.39 is 36.1 Å². The Hall–Kier alpha value is -1.40.